The first-order chi connectivity index (χ1) is 14.0. The van der Waals surface area contributed by atoms with Crippen LogP contribution in [0.25, 0.3) is 10.7 Å². The molecule has 3 aromatic rings. The highest BCUT2D eigenvalue weighted by molar-refractivity contribution is 9.10. The number of nitrogens with zero attached hydrogens (tertiary/aromatic N) is 4. The SMILES string of the molecule is Cl.Cn1c(SCCCN2C[C@H]3CC3(c3ccc(Br)cc3)C2)nnc1-c1ccc(Cl)s1. The molecule has 1 aliphatic carbocycles. The van der Waals surface area contributed by atoms with Gasteiger partial charge in [-0.15, -0.1) is 33.9 Å². The van der Waals surface area contributed by atoms with E-state index in [0.717, 1.165) is 42.9 Å². The van der Waals surface area contributed by atoms with E-state index >= 15 is 0 Å². The van der Waals surface area contributed by atoms with Crippen LogP contribution < -0.4 is 0 Å². The summed E-state index contributed by atoms with van der Waals surface area (Å²) in [5.74, 6) is 2.79. The van der Waals surface area contributed by atoms with E-state index in [-0.39, 0.29) is 12.4 Å². The highest BCUT2D eigenvalue weighted by Gasteiger charge is 2.60. The van der Waals surface area contributed by atoms with Gasteiger partial charge >= 0.3 is 0 Å². The van der Waals surface area contributed by atoms with Crippen LogP contribution in [0.2, 0.25) is 4.34 Å². The summed E-state index contributed by atoms with van der Waals surface area (Å²) in [5.41, 5.74) is 1.94. The third kappa shape index (κ3) is 4.34. The van der Waals surface area contributed by atoms with Crippen LogP contribution in [0.5, 0.6) is 0 Å². The molecule has 2 fully saturated rings. The average molecular weight is 546 g/mol. The normalized spacial score (nSPS) is 22.7. The van der Waals surface area contributed by atoms with Crippen molar-refractivity contribution in [3.8, 4) is 10.7 Å². The molecule has 2 aliphatic rings. The third-order valence-corrected chi connectivity index (χ3v) is 8.98. The number of halogens is 3. The van der Waals surface area contributed by atoms with E-state index in [1.807, 2.05) is 19.2 Å². The highest BCUT2D eigenvalue weighted by atomic mass is 79.9. The standard InChI is InChI=1S/C21H22BrClN4S2.ClH/c1-26-19(17-7-8-18(23)29-17)24-25-20(26)28-10-2-9-27-12-15-11-21(15,13-27)14-3-5-16(22)6-4-14;/h3-8,15H,2,9-13H2,1H3;1H/t15-,21?;/m1./s1. The Labute approximate surface area is 204 Å². The highest BCUT2D eigenvalue weighted by Crippen LogP contribution is 2.59. The molecular formula is C21H23BrCl2N4S2. The summed E-state index contributed by atoms with van der Waals surface area (Å²) in [7, 11) is 2.03. The molecule has 0 spiro atoms. The molecule has 9 heteroatoms. The Kier molecular flexibility index (Phi) is 6.88. The summed E-state index contributed by atoms with van der Waals surface area (Å²) in [6.07, 6.45) is 2.52. The molecule has 1 saturated heterocycles. The van der Waals surface area contributed by atoms with Gasteiger partial charge in [0.05, 0.1) is 9.21 Å². The average Bonchev–Trinajstić information content (AvgIpc) is 3.03. The first-order valence-electron chi connectivity index (χ1n) is 9.81. The number of thioether (sulfide) groups is 1. The van der Waals surface area contributed by atoms with Gasteiger partial charge in [-0.05, 0) is 55.1 Å². The fourth-order valence-electron chi connectivity index (χ4n) is 4.53. The molecule has 4 nitrogen and oxygen atoms in total. The molecular weight excluding hydrogens is 523 g/mol. The van der Waals surface area contributed by atoms with E-state index in [4.69, 9.17) is 11.6 Å². The Morgan fingerprint density at radius 3 is 2.77 bits per heavy atom. The first-order valence-corrected chi connectivity index (χ1v) is 12.8. The summed E-state index contributed by atoms with van der Waals surface area (Å²) in [6, 6.07) is 12.9. The molecule has 0 N–H and O–H groups in total. The number of aromatic nitrogens is 3. The first kappa shape index (κ1) is 22.6. The third-order valence-electron chi connectivity index (χ3n) is 6.11. The van der Waals surface area contributed by atoms with Gasteiger partial charge in [-0.25, -0.2) is 0 Å². The van der Waals surface area contributed by atoms with Gasteiger partial charge in [0.1, 0.15) is 0 Å². The predicted molar refractivity (Wildman–Crippen MR) is 132 cm³/mol. The summed E-state index contributed by atoms with van der Waals surface area (Å²) < 4.78 is 4.01. The second-order valence-corrected chi connectivity index (χ2v) is 11.7. The lowest BCUT2D eigenvalue weighted by molar-refractivity contribution is 0.299. The van der Waals surface area contributed by atoms with E-state index < -0.39 is 0 Å². The smallest absolute Gasteiger partial charge is 0.191 e. The van der Waals surface area contributed by atoms with Crippen LogP contribution in [0.1, 0.15) is 18.4 Å². The van der Waals surface area contributed by atoms with E-state index in [1.54, 1.807) is 11.8 Å². The molecule has 0 radical (unpaired) electrons. The molecule has 2 atom stereocenters. The Morgan fingerprint density at radius 1 is 1.23 bits per heavy atom. The van der Waals surface area contributed by atoms with Gasteiger partial charge in [-0.2, -0.15) is 0 Å². The van der Waals surface area contributed by atoms with Gasteiger partial charge in [0, 0.05) is 35.8 Å². The Balaban J connectivity index is 0.00000218. The largest absolute Gasteiger partial charge is 0.305 e. The lowest BCUT2D eigenvalue weighted by atomic mass is 9.95. The summed E-state index contributed by atoms with van der Waals surface area (Å²) in [4.78, 5) is 3.71. The van der Waals surface area contributed by atoms with Crippen molar-refractivity contribution in [1.82, 2.24) is 19.7 Å². The van der Waals surface area contributed by atoms with Crippen LogP contribution >= 0.6 is 63.0 Å². The maximum absolute atomic E-state index is 6.05. The monoisotopic (exact) mass is 544 g/mol. The number of benzene rings is 1. The van der Waals surface area contributed by atoms with Crippen molar-refractivity contribution < 1.29 is 0 Å². The topological polar surface area (TPSA) is 34.0 Å². The Bertz CT molecular complexity index is 1020. The van der Waals surface area contributed by atoms with Gasteiger partial charge < -0.3 is 9.47 Å². The quantitative estimate of drug-likeness (QED) is 0.264. The van der Waals surface area contributed by atoms with Crippen LogP contribution in [0.4, 0.5) is 0 Å². The van der Waals surface area contributed by atoms with Gasteiger partial charge in [-0.1, -0.05) is 51.4 Å². The number of fused-ring (bicyclic) bond motifs is 1. The van der Waals surface area contributed by atoms with Crippen molar-refractivity contribution in [2.45, 2.75) is 23.4 Å². The van der Waals surface area contributed by atoms with E-state index in [2.05, 4.69) is 59.9 Å². The molecule has 160 valence electrons. The van der Waals surface area contributed by atoms with Crippen molar-refractivity contribution in [3.63, 3.8) is 0 Å². The predicted octanol–water partition coefficient (Wildman–Crippen LogP) is 6.14. The van der Waals surface area contributed by atoms with Gasteiger partial charge in [0.15, 0.2) is 11.0 Å². The molecule has 0 amide bonds. The lowest BCUT2D eigenvalue weighted by Gasteiger charge is -2.21. The molecule has 1 saturated carbocycles. The molecule has 5 rings (SSSR count). The zero-order valence-electron chi connectivity index (χ0n) is 16.6. The fraction of sp³-hybridized carbons (Fsp3) is 0.429. The van der Waals surface area contributed by atoms with E-state index in [9.17, 15) is 0 Å². The van der Waals surface area contributed by atoms with Crippen molar-refractivity contribution in [2.75, 3.05) is 25.4 Å². The number of hydrogen-bond acceptors (Lipinski definition) is 5. The molecule has 2 aromatic heterocycles. The minimum absolute atomic E-state index is 0. The van der Waals surface area contributed by atoms with Gasteiger partial charge in [-0.3, -0.25) is 0 Å². The minimum Gasteiger partial charge on any atom is -0.305 e. The number of rotatable bonds is 7. The van der Waals surface area contributed by atoms with Crippen molar-refractivity contribution in [2.24, 2.45) is 13.0 Å². The van der Waals surface area contributed by atoms with Crippen molar-refractivity contribution in [3.05, 3.63) is 50.8 Å². The second kappa shape index (κ2) is 9.12. The van der Waals surface area contributed by atoms with E-state index in [0.29, 0.717) is 5.41 Å². The zero-order chi connectivity index (χ0) is 20.0. The molecule has 0 bridgehead atoms. The fourth-order valence-corrected chi connectivity index (χ4v) is 6.69. The maximum atomic E-state index is 6.05. The number of hydrogen-bond donors (Lipinski definition) is 0. The molecule has 30 heavy (non-hydrogen) atoms. The summed E-state index contributed by atoms with van der Waals surface area (Å²) >= 11 is 12.9. The Morgan fingerprint density at radius 2 is 2.03 bits per heavy atom. The maximum Gasteiger partial charge on any atom is 0.191 e. The van der Waals surface area contributed by atoms with Crippen molar-refractivity contribution in [1.29, 1.82) is 0 Å². The second-order valence-electron chi connectivity index (χ2n) is 7.97. The van der Waals surface area contributed by atoms with E-state index in [1.165, 1.54) is 42.8 Å². The summed E-state index contributed by atoms with van der Waals surface area (Å²) in [6.45, 7) is 3.61. The lowest BCUT2D eigenvalue weighted by Crippen LogP contribution is -2.27. The Hall–Kier alpha value is -0.570. The van der Waals surface area contributed by atoms with Crippen molar-refractivity contribution >= 4 is 63.0 Å². The number of likely N-dealkylation sites (tertiary alicyclic amines) is 1. The van der Waals surface area contributed by atoms with Gasteiger partial charge in [0.25, 0.3) is 0 Å². The van der Waals surface area contributed by atoms with Gasteiger partial charge in [0.2, 0.25) is 0 Å². The van der Waals surface area contributed by atoms with Crippen LogP contribution in [0.3, 0.4) is 0 Å². The number of piperidine rings is 1. The molecule has 1 unspecified atom stereocenters. The van der Waals surface area contributed by atoms with Crippen LogP contribution in [-0.2, 0) is 12.5 Å². The van der Waals surface area contributed by atoms with Crippen LogP contribution in [0.15, 0.2) is 46.0 Å². The zero-order valence-corrected chi connectivity index (χ0v) is 21.3. The van der Waals surface area contributed by atoms with Crippen LogP contribution in [-0.4, -0.2) is 45.1 Å². The summed E-state index contributed by atoms with van der Waals surface area (Å²) in [5, 5.41) is 9.69. The molecule has 1 aromatic carbocycles. The van der Waals surface area contributed by atoms with Crippen LogP contribution in [0, 0.1) is 5.92 Å². The minimum atomic E-state index is 0. The number of thiophene rings is 1. The molecule has 3 heterocycles. The molecule has 1 aliphatic heterocycles.